The smallest absolute Gasteiger partial charge is 0.231 e. The molecular weight excluding hydrogens is 272 g/mol. The maximum absolute atomic E-state index is 11.9. The number of nitrogens with one attached hydrogen (secondary N) is 1. The lowest BCUT2D eigenvalue weighted by Crippen LogP contribution is -2.14. The Morgan fingerprint density at radius 2 is 2.05 bits per heavy atom. The van der Waals surface area contributed by atoms with Crippen molar-refractivity contribution in [3.05, 3.63) is 45.9 Å². The molecule has 20 heavy (non-hydrogen) atoms. The number of carbonyl (C=O) groups excluding carboxylic acids is 1. The number of aliphatic hydroxyl groups is 1. The summed E-state index contributed by atoms with van der Waals surface area (Å²) < 4.78 is 0. The highest BCUT2D eigenvalue weighted by Gasteiger charge is 2.08. The third-order valence-electron chi connectivity index (χ3n) is 2.93. The lowest BCUT2D eigenvalue weighted by atomic mass is 10.0. The number of carbonyl (C=O) groups is 1. The van der Waals surface area contributed by atoms with E-state index < -0.39 is 0 Å². The highest BCUT2D eigenvalue weighted by Crippen LogP contribution is 2.17. The fourth-order valence-corrected chi connectivity index (χ4v) is 2.58. The van der Waals surface area contributed by atoms with Crippen molar-refractivity contribution < 1.29 is 9.90 Å². The molecule has 0 bridgehead atoms. The van der Waals surface area contributed by atoms with Gasteiger partial charge in [0.25, 0.3) is 0 Å². The lowest BCUT2D eigenvalue weighted by molar-refractivity contribution is -0.115. The number of anilines is 1. The molecule has 0 fully saturated rings. The van der Waals surface area contributed by atoms with Crippen molar-refractivity contribution in [1.29, 1.82) is 0 Å². The van der Waals surface area contributed by atoms with Crippen LogP contribution in [0.25, 0.3) is 0 Å². The number of nitrogens with zero attached hydrogens (tertiary/aromatic N) is 1. The Balaban J connectivity index is 1.93. The number of rotatable bonds is 5. The van der Waals surface area contributed by atoms with Crippen LogP contribution in [0.1, 0.15) is 36.0 Å². The molecule has 0 aliphatic heterocycles. The zero-order chi connectivity index (χ0) is 14.5. The molecular formula is C15H18N2O2S. The Morgan fingerprint density at radius 3 is 2.60 bits per heavy atom. The van der Waals surface area contributed by atoms with Gasteiger partial charge in [0.05, 0.1) is 18.7 Å². The molecule has 2 rings (SSSR count). The zero-order valence-electron chi connectivity index (χ0n) is 11.6. The number of aliphatic hydroxyl groups excluding tert-OH is 1. The molecule has 0 aliphatic carbocycles. The normalized spacial score (nSPS) is 10.8. The summed E-state index contributed by atoms with van der Waals surface area (Å²) in [5.74, 6) is 0.383. The SMILES string of the molecule is CC(C)c1ccc(NC(=O)Cc2nc(CO)cs2)cc1. The van der Waals surface area contributed by atoms with E-state index in [0.717, 1.165) is 5.69 Å². The quantitative estimate of drug-likeness (QED) is 0.890. The maximum Gasteiger partial charge on any atom is 0.231 e. The van der Waals surface area contributed by atoms with E-state index in [1.54, 1.807) is 5.38 Å². The van der Waals surface area contributed by atoms with Gasteiger partial charge in [-0.05, 0) is 23.6 Å². The van der Waals surface area contributed by atoms with Gasteiger partial charge in [-0.25, -0.2) is 4.98 Å². The molecule has 5 heteroatoms. The van der Waals surface area contributed by atoms with Crippen molar-refractivity contribution in [2.45, 2.75) is 32.8 Å². The predicted octanol–water partition coefficient (Wildman–Crippen LogP) is 2.94. The Kier molecular flexibility index (Phi) is 4.87. The second-order valence-electron chi connectivity index (χ2n) is 4.89. The molecule has 1 amide bonds. The number of hydrogen-bond acceptors (Lipinski definition) is 4. The van der Waals surface area contributed by atoms with Crippen LogP contribution >= 0.6 is 11.3 Å². The van der Waals surface area contributed by atoms with Crippen molar-refractivity contribution in [3.8, 4) is 0 Å². The van der Waals surface area contributed by atoms with Gasteiger partial charge in [0.2, 0.25) is 5.91 Å². The van der Waals surface area contributed by atoms with Crippen LogP contribution in [0, 0.1) is 0 Å². The van der Waals surface area contributed by atoms with E-state index in [4.69, 9.17) is 5.11 Å². The molecule has 2 N–H and O–H groups in total. The van der Waals surface area contributed by atoms with Gasteiger partial charge in [-0.15, -0.1) is 11.3 Å². The topological polar surface area (TPSA) is 62.2 Å². The van der Waals surface area contributed by atoms with Crippen LogP contribution in [0.15, 0.2) is 29.6 Å². The van der Waals surface area contributed by atoms with Crippen molar-refractivity contribution in [2.75, 3.05) is 5.32 Å². The van der Waals surface area contributed by atoms with E-state index in [-0.39, 0.29) is 18.9 Å². The summed E-state index contributed by atoms with van der Waals surface area (Å²) in [5.41, 5.74) is 2.65. The molecule has 1 aromatic heterocycles. The van der Waals surface area contributed by atoms with Crippen LogP contribution in [0.2, 0.25) is 0 Å². The Bertz CT molecular complexity index is 576. The summed E-state index contributed by atoms with van der Waals surface area (Å²) in [6.07, 6.45) is 0.233. The van der Waals surface area contributed by atoms with E-state index in [9.17, 15) is 4.79 Å². The van der Waals surface area contributed by atoms with E-state index in [1.165, 1.54) is 16.9 Å². The monoisotopic (exact) mass is 290 g/mol. The van der Waals surface area contributed by atoms with Gasteiger partial charge in [0.1, 0.15) is 5.01 Å². The maximum atomic E-state index is 11.9. The minimum Gasteiger partial charge on any atom is -0.390 e. The number of benzene rings is 1. The summed E-state index contributed by atoms with van der Waals surface area (Å²) in [4.78, 5) is 16.0. The average Bonchev–Trinajstić information content (AvgIpc) is 2.86. The van der Waals surface area contributed by atoms with Crippen molar-refractivity contribution in [1.82, 2.24) is 4.98 Å². The first kappa shape index (κ1) is 14.7. The minimum atomic E-state index is -0.0962. The van der Waals surface area contributed by atoms with Gasteiger partial charge in [-0.2, -0.15) is 0 Å². The highest BCUT2D eigenvalue weighted by molar-refractivity contribution is 7.09. The molecule has 0 saturated carbocycles. The van der Waals surface area contributed by atoms with Crippen LogP contribution < -0.4 is 5.32 Å². The molecule has 1 heterocycles. The third-order valence-corrected chi connectivity index (χ3v) is 3.83. The third kappa shape index (κ3) is 3.88. The second-order valence-corrected chi connectivity index (χ2v) is 5.84. The van der Waals surface area contributed by atoms with Crippen molar-refractivity contribution in [3.63, 3.8) is 0 Å². The van der Waals surface area contributed by atoms with Gasteiger partial charge in [0.15, 0.2) is 0 Å². The van der Waals surface area contributed by atoms with Crippen molar-refractivity contribution in [2.24, 2.45) is 0 Å². The largest absolute Gasteiger partial charge is 0.390 e. The van der Waals surface area contributed by atoms with E-state index in [0.29, 0.717) is 16.6 Å². The van der Waals surface area contributed by atoms with Gasteiger partial charge >= 0.3 is 0 Å². The van der Waals surface area contributed by atoms with Gasteiger partial charge < -0.3 is 10.4 Å². The fourth-order valence-electron chi connectivity index (χ4n) is 1.80. The Labute approximate surface area is 122 Å². The number of thiazole rings is 1. The molecule has 0 spiro atoms. The number of amides is 1. The predicted molar refractivity (Wildman–Crippen MR) is 80.9 cm³/mol. The summed E-state index contributed by atoms with van der Waals surface area (Å²) in [5, 5.41) is 14.3. The van der Waals surface area contributed by atoms with Gasteiger partial charge in [0, 0.05) is 11.1 Å². The molecule has 2 aromatic rings. The number of hydrogen-bond donors (Lipinski definition) is 2. The first-order chi connectivity index (χ1) is 9.58. The van der Waals surface area contributed by atoms with Gasteiger partial charge in [-0.3, -0.25) is 4.79 Å². The van der Waals surface area contributed by atoms with Gasteiger partial charge in [-0.1, -0.05) is 26.0 Å². The molecule has 0 radical (unpaired) electrons. The zero-order valence-corrected chi connectivity index (χ0v) is 12.4. The molecule has 106 valence electrons. The average molecular weight is 290 g/mol. The minimum absolute atomic E-state index is 0.0885. The molecule has 0 atom stereocenters. The Morgan fingerprint density at radius 1 is 1.35 bits per heavy atom. The molecule has 0 saturated heterocycles. The van der Waals surface area contributed by atoms with Crippen molar-refractivity contribution >= 4 is 22.9 Å². The van der Waals surface area contributed by atoms with Crippen LogP contribution in [0.5, 0.6) is 0 Å². The summed E-state index contributed by atoms with van der Waals surface area (Å²) in [6.45, 7) is 4.18. The first-order valence-corrected chi connectivity index (χ1v) is 7.40. The molecule has 0 unspecified atom stereocenters. The number of aromatic nitrogens is 1. The van der Waals surface area contributed by atoms with Crippen LogP contribution in [-0.2, 0) is 17.8 Å². The second kappa shape index (κ2) is 6.63. The molecule has 4 nitrogen and oxygen atoms in total. The lowest BCUT2D eigenvalue weighted by Gasteiger charge is -2.07. The highest BCUT2D eigenvalue weighted by atomic mass is 32.1. The Hall–Kier alpha value is -1.72. The fraction of sp³-hybridized carbons (Fsp3) is 0.333. The van der Waals surface area contributed by atoms with Crippen LogP contribution in [0.4, 0.5) is 5.69 Å². The van der Waals surface area contributed by atoms with Crippen LogP contribution in [-0.4, -0.2) is 16.0 Å². The van der Waals surface area contributed by atoms with E-state index >= 15 is 0 Å². The van der Waals surface area contributed by atoms with E-state index in [1.807, 2.05) is 24.3 Å². The molecule has 1 aromatic carbocycles. The standard InChI is InChI=1S/C15H18N2O2S/c1-10(2)11-3-5-12(6-4-11)16-14(19)7-15-17-13(8-18)9-20-15/h3-6,9-10,18H,7-8H2,1-2H3,(H,16,19). The first-order valence-electron chi connectivity index (χ1n) is 6.52. The summed E-state index contributed by atoms with van der Waals surface area (Å²) in [7, 11) is 0. The molecule has 0 aliphatic rings. The summed E-state index contributed by atoms with van der Waals surface area (Å²) >= 11 is 1.39. The summed E-state index contributed by atoms with van der Waals surface area (Å²) in [6, 6.07) is 7.86. The van der Waals surface area contributed by atoms with Crippen LogP contribution in [0.3, 0.4) is 0 Å². The van der Waals surface area contributed by atoms with E-state index in [2.05, 4.69) is 24.1 Å².